The van der Waals surface area contributed by atoms with Crippen LogP contribution in [0.4, 0.5) is 19.0 Å². The van der Waals surface area contributed by atoms with E-state index in [0.717, 1.165) is 31.9 Å². The fraction of sp³-hybridized carbons (Fsp3) is 0.643. The fourth-order valence-electron chi connectivity index (χ4n) is 2.58. The van der Waals surface area contributed by atoms with Crippen LogP contribution in [0.2, 0.25) is 0 Å². The number of hydrogen-bond donors (Lipinski definition) is 1. The molecule has 3 nitrogen and oxygen atoms in total. The molecule has 0 aliphatic carbocycles. The third kappa shape index (κ3) is 3.62. The molecule has 0 saturated carbocycles. The summed E-state index contributed by atoms with van der Waals surface area (Å²) in [5.74, 6) is 0.0369. The third-order valence-electron chi connectivity index (χ3n) is 3.63. The predicted octanol–water partition coefficient (Wildman–Crippen LogP) is 3.07. The first kappa shape index (κ1) is 15.1. The zero-order valence-corrected chi connectivity index (χ0v) is 11.6. The number of alkyl halides is 3. The summed E-state index contributed by atoms with van der Waals surface area (Å²) in [5.41, 5.74) is -0.655. The van der Waals surface area contributed by atoms with Crippen molar-refractivity contribution in [3.8, 4) is 0 Å². The average molecular weight is 287 g/mol. The van der Waals surface area contributed by atoms with E-state index in [1.54, 1.807) is 4.90 Å². The summed E-state index contributed by atoms with van der Waals surface area (Å²) in [6.07, 6.45) is 0.326. The second-order valence-electron chi connectivity index (χ2n) is 5.06. The van der Waals surface area contributed by atoms with Crippen molar-refractivity contribution in [1.82, 2.24) is 10.3 Å². The molecule has 0 aromatic carbocycles. The highest BCUT2D eigenvalue weighted by atomic mass is 19.4. The Morgan fingerprint density at radius 1 is 1.40 bits per heavy atom. The second kappa shape index (κ2) is 6.43. The van der Waals surface area contributed by atoms with Crippen LogP contribution in [0.25, 0.3) is 0 Å². The van der Waals surface area contributed by atoms with E-state index < -0.39 is 11.7 Å². The molecule has 1 N–H and O–H groups in total. The zero-order valence-electron chi connectivity index (χ0n) is 11.6. The Kier molecular flexibility index (Phi) is 4.86. The number of nitrogens with zero attached hydrogens (tertiary/aromatic N) is 2. The van der Waals surface area contributed by atoms with E-state index in [2.05, 4.69) is 10.3 Å². The third-order valence-corrected chi connectivity index (χ3v) is 3.63. The van der Waals surface area contributed by atoms with E-state index >= 15 is 0 Å². The van der Waals surface area contributed by atoms with Gasteiger partial charge in [0, 0.05) is 25.3 Å². The molecule has 2 heterocycles. The van der Waals surface area contributed by atoms with E-state index in [-0.39, 0.29) is 11.9 Å². The van der Waals surface area contributed by atoms with Crippen LogP contribution in [0.15, 0.2) is 18.3 Å². The Bertz CT molecular complexity index is 428. The van der Waals surface area contributed by atoms with Crippen molar-refractivity contribution in [3.63, 3.8) is 0 Å². The highest BCUT2D eigenvalue weighted by Crippen LogP contribution is 2.35. The van der Waals surface area contributed by atoms with Gasteiger partial charge in [0.15, 0.2) is 0 Å². The van der Waals surface area contributed by atoms with E-state index in [4.69, 9.17) is 0 Å². The lowest BCUT2D eigenvalue weighted by molar-refractivity contribution is -0.137. The number of rotatable bonds is 4. The number of halogens is 3. The Morgan fingerprint density at radius 2 is 2.20 bits per heavy atom. The quantitative estimate of drug-likeness (QED) is 0.922. The van der Waals surface area contributed by atoms with Crippen molar-refractivity contribution in [1.29, 1.82) is 0 Å². The highest BCUT2D eigenvalue weighted by Gasteiger charge is 2.35. The van der Waals surface area contributed by atoms with Gasteiger partial charge in [-0.15, -0.1) is 0 Å². The lowest BCUT2D eigenvalue weighted by Crippen LogP contribution is -2.44. The molecule has 1 unspecified atom stereocenters. The molecule has 0 bridgehead atoms. The molecule has 1 fully saturated rings. The number of likely N-dealkylation sites (N-methyl/N-ethyl adjacent to an activating group) is 1. The monoisotopic (exact) mass is 287 g/mol. The van der Waals surface area contributed by atoms with Crippen LogP contribution in [0, 0.1) is 0 Å². The van der Waals surface area contributed by atoms with Gasteiger partial charge in [0.05, 0.1) is 5.56 Å². The second-order valence-corrected chi connectivity index (χ2v) is 5.06. The largest absolute Gasteiger partial charge is 0.419 e. The van der Waals surface area contributed by atoms with Crippen molar-refractivity contribution in [2.75, 3.05) is 24.5 Å². The van der Waals surface area contributed by atoms with Crippen molar-refractivity contribution >= 4 is 5.82 Å². The molecule has 1 aliphatic rings. The topological polar surface area (TPSA) is 28.2 Å². The minimum atomic E-state index is -4.36. The molecule has 0 radical (unpaired) electrons. The van der Waals surface area contributed by atoms with Gasteiger partial charge >= 0.3 is 6.18 Å². The first-order valence-corrected chi connectivity index (χ1v) is 7.03. The molecule has 112 valence electrons. The SMILES string of the molecule is CCN(CC1CCCCN1)c1ncccc1C(F)(F)F. The fourth-order valence-corrected chi connectivity index (χ4v) is 2.58. The van der Waals surface area contributed by atoms with Gasteiger partial charge < -0.3 is 10.2 Å². The molecule has 1 aromatic rings. The molecule has 0 amide bonds. The van der Waals surface area contributed by atoms with Crippen LogP contribution in [0.5, 0.6) is 0 Å². The van der Waals surface area contributed by atoms with Crippen LogP contribution < -0.4 is 10.2 Å². The van der Waals surface area contributed by atoms with Gasteiger partial charge in [0.25, 0.3) is 0 Å². The lowest BCUT2D eigenvalue weighted by atomic mass is 10.0. The Labute approximate surface area is 117 Å². The van der Waals surface area contributed by atoms with Crippen LogP contribution >= 0.6 is 0 Å². The maximum atomic E-state index is 13.0. The summed E-state index contributed by atoms with van der Waals surface area (Å²) >= 11 is 0. The standard InChI is InChI=1S/C14H20F3N3/c1-2-20(10-11-6-3-4-8-18-11)13-12(14(15,16)17)7-5-9-19-13/h5,7,9,11,18H,2-4,6,8,10H2,1H3. The number of nitrogens with one attached hydrogen (secondary N) is 1. The number of hydrogen-bond acceptors (Lipinski definition) is 3. The number of pyridine rings is 1. The minimum Gasteiger partial charge on any atom is -0.355 e. The molecule has 6 heteroatoms. The van der Waals surface area contributed by atoms with E-state index in [1.165, 1.54) is 12.3 Å². The van der Waals surface area contributed by atoms with E-state index in [0.29, 0.717) is 13.1 Å². The molecular weight excluding hydrogens is 267 g/mol. The van der Waals surface area contributed by atoms with Crippen molar-refractivity contribution in [3.05, 3.63) is 23.9 Å². The molecule has 1 atom stereocenters. The Hall–Kier alpha value is -1.30. The first-order valence-electron chi connectivity index (χ1n) is 7.03. The van der Waals surface area contributed by atoms with Gasteiger partial charge in [-0.1, -0.05) is 6.42 Å². The van der Waals surface area contributed by atoms with E-state index in [9.17, 15) is 13.2 Å². The van der Waals surface area contributed by atoms with Gasteiger partial charge in [-0.3, -0.25) is 0 Å². The maximum Gasteiger partial charge on any atom is 0.419 e. The van der Waals surface area contributed by atoms with Crippen LogP contribution in [0.3, 0.4) is 0 Å². The highest BCUT2D eigenvalue weighted by molar-refractivity contribution is 5.48. The minimum absolute atomic E-state index is 0.0369. The van der Waals surface area contributed by atoms with Crippen LogP contribution in [-0.4, -0.2) is 30.7 Å². The predicted molar refractivity (Wildman–Crippen MR) is 72.8 cm³/mol. The Balaban J connectivity index is 2.18. The van der Waals surface area contributed by atoms with Gasteiger partial charge in [-0.05, 0) is 38.4 Å². The van der Waals surface area contributed by atoms with E-state index in [1.807, 2.05) is 6.92 Å². The molecule has 1 aliphatic heterocycles. The molecule has 0 spiro atoms. The molecule has 20 heavy (non-hydrogen) atoms. The van der Waals surface area contributed by atoms with Crippen molar-refractivity contribution in [2.24, 2.45) is 0 Å². The first-order chi connectivity index (χ1) is 9.52. The Morgan fingerprint density at radius 3 is 2.80 bits per heavy atom. The van der Waals surface area contributed by atoms with Crippen LogP contribution in [0.1, 0.15) is 31.7 Å². The number of anilines is 1. The summed E-state index contributed by atoms with van der Waals surface area (Å²) < 4.78 is 39.1. The summed E-state index contributed by atoms with van der Waals surface area (Å²) in [7, 11) is 0. The average Bonchev–Trinajstić information content (AvgIpc) is 2.45. The maximum absolute atomic E-state index is 13.0. The van der Waals surface area contributed by atoms with Gasteiger partial charge in [-0.25, -0.2) is 4.98 Å². The molecule has 2 rings (SSSR count). The molecule has 1 saturated heterocycles. The lowest BCUT2D eigenvalue weighted by Gasteiger charge is -2.31. The molecule has 1 aromatic heterocycles. The summed E-state index contributed by atoms with van der Waals surface area (Å²) in [4.78, 5) is 5.67. The summed E-state index contributed by atoms with van der Waals surface area (Å²) in [5, 5.41) is 3.36. The van der Waals surface area contributed by atoms with Gasteiger partial charge in [0.1, 0.15) is 5.82 Å². The van der Waals surface area contributed by atoms with Crippen molar-refractivity contribution in [2.45, 2.75) is 38.4 Å². The van der Waals surface area contributed by atoms with Crippen molar-refractivity contribution < 1.29 is 13.2 Å². The summed E-state index contributed by atoms with van der Waals surface area (Å²) in [6.45, 7) is 3.88. The normalized spacial score (nSPS) is 19.9. The number of piperidine rings is 1. The number of aromatic nitrogens is 1. The summed E-state index contributed by atoms with van der Waals surface area (Å²) in [6, 6.07) is 2.67. The zero-order chi connectivity index (χ0) is 14.6. The van der Waals surface area contributed by atoms with Crippen LogP contribution in [-0.2, 0) is 6.18 Å². The smallest absolute Gasteiger partial charge is 0.355 e. The van der Waals surface area contributed by atoms with Gasteiger partial charge in [-0.2, -0.15) is 13.2 Å². The molecular formula is C14H20F3N3. The van der Waals surface area contributed by atoms with Gasteiger partial charge in [0.2, 0.25) is 0 Å².